The Morgan fingerprint density at radius 1 is 0.963 bits per heavy atom. The van der Waals surface area contributed by atoms with Crippen molar-refractivity contribution in [3.05, 3.63) is 47.5 Å². The Hall–Kier alpha value is -2.69. The summed E-state index contributed by atoms with van der Waals surface area (Å²) in [7, 11) is 3.20. The normalized spacial score (nSPS) is 10.8. The molecule has 146 valence electrons. The number of anilines is 2. The standard InChI is InChI=1S/C22H30N2O3/c1-14(2)17-8-7-9-18(15(3)4)22(17)24-21(25)13-23-19-11-10-16(26-5)12-20(19)27-6/h7-12,14-15,23H,13H2,1-6H3,(H,24,25). The number of nitrogens with one attached hydrogen (secondary N) is 2. The molecular formula is C22H30N2O3. The lowest BCUT2D eigenvalue weighted by Gasteiger charge is -2.20. The molecule has 1 amide bonds. The van der Waals surface area contributed by atoms with E-state index in [-0.39, 0.29) is 12.5 Å². The van der Waals surface area contributed by atoms with Crippen LogP contribution in [0.15, 0.2) is 36.4 Å². The van der Waals surface area contributed by atoms with Gasteiger partial charge in [-0.3, -0.25) is 4.79 Å². The zero-order chi connectivity index (χ0) is 20.0. The first-order valence-electron chi connectivity index (χ1n) is 9.25. The number of carbonyl (C=O) groups excluding carboxylic acids is 1. The molecule has 0 aliphatic carbocycles. The van der Waals surface area contributed by atoms with Gasteiger partial charge in [-0.15, -0.1) is 0 Å². The lowest BCUT2D eigenvalue weighted by Crippen LogP contribution is -2.23. The van der Waals surface area contributed by atoms with E-state index in [0.29, 0.717) is 23.3 Å². The van der Waals surface area contributed by atoms with Crippen LogP contribution in [0.2, 0.25) is 0 Å². The smallest absolute Gasteiger partial charge is 0.243 e. The van der Waals surface area contributed by atoms with Gasteiger partial charge in [0.1, 0.15) is 11.5 Å². The summed E-state index contributed by atoms with van der Waals surface area (Å²) in [6.07, 6.45) is 0. The summed E-state index contributed by atoms with van der Waals surface area (Å²) in [5, 5.41) is 6.25. The van der Waals surface area contributed by atoms with Gasteiger partial charge in [0.05, 0.1) is 26.5 Å². The molecule has 2 N–H and O–H groups in total. The van der Waals surface area contributed by atoms with Crippen molar-refractivity contribution < 1.29 is 14.3 Å². The summed E-state index contributed by atoms with van der Waals surface area (Å²) in [5.41, 5.74) is 3.97. The highest BCUT2D eigenvalue weighted by Crippen LogP contribution is 2.32. The topological polar surface area (TPSA) is 59.6 Å². The fraction of sp³-hybridized carbons (Fsp3) is 0.409. The number of methoxy groups -OCH3 is 2. The summed E-state index contributed by atoms with van der Waals surface area (Å²) >= 11 is 0. The molecule has 0 unspecified atom stereocenters. The number of hydrogen-bond acceptors (Lipinski definition) is 4. The Kier molecular flexibility index (Phi) is 7.11. The van der Waals surface area contributed by atoms with Crippen LogP contribution < -0.4 is 20.1 Å². The Bertz CT molecular complexity index is 759. The number of rotatable bonds is 8. The van der Waals surface area contributed by atoms with Crippen LogP contribution in [-0.2, 0) is 4.79 Å². The number of carbonyl (C=O) groups is 1. The largest absolute Gasteiger partial charge is 0.497 e. The second-order valence-corrected chi connectivity index (χ2v) is 7.09. The fourth-order valence-corrected chi connectivity index (χ4v) is 3.00. The molecule has 2 aromatic rings. The van der Waals surface area contributed by atoms with Crippen LogP contribution in [0.3, 0.4) is 0 Å². The van der Waals surface area contributed by atoms with Crippen molar-refractivity contribution in [1.82, 2.24) is 0 Å². The van der Waals surface area contributed by atoms with E-state index < -0.39 is 0 Å². The van der Waals surface area contributed by atoms with Gasteiger partial charge in [0.25, 0.3) is 0 Å². The summed E-state index contributed by atoms with van der Waals surface area (Å²) < 4.78 is 10.6. The maximum atomic E-state index is 12.6. The molecule has 0 radical (unpaired) electrons. The third-order valence-corrected chi connectivity index (χ3v) is 4.49. The van der Waals surface area contributed by atoms with Crippen molar-refractivity contribution in [2.75, 3.05) is 31.4 Å². The summed E-state index contributed by atoms with van der Waals surface area (Å²) in [6, 6.07) is 11.7. The van der Waals surface area contributed by atoms with E-state index >= 15 is 0 Å². The summed E-state index contributed by atoms with van der Waals surface area (Å²) in [6.45, 7) is 8.68. The lowest BCUT2D eigenvalue weighted by molar-refractivity contribution is -0.114. The van der Waals surface area contributed by atoms with Gasteiger partial charge in [-0.05, 0) is 35.1 Å². The summed E-state index contributed by atoms with van der Waals surface area (Å²) in [4.78, 5) is 12.6. The molecule has 0 atom stereocenters. The second kappa shape index (κ2) is 9.31. The third-order valence-electron chi connectivity index (χ3n) is 4.49. The van der Waals surface area contributed by atoms with Gasteiger partial charge in [-0.1, -0.05) is 45.9 Å². The molecule has 2 rings (SSSR count). The van der Waals surface area contributed by atoms with Crippen LogP contribution >= 0.6 is 0 Å². The number of hydrogen-bond donors (Lipinski definition) is 2. The van der Waals surface area contributed by atoms with Crippen molar-refractivity contribution in [2.45, 2.75) is 39.5 Å². The van der Waals surface area contributed by atoms with Crippen LogP contribution in [0.25, 0.3) is 0 Å². The number of ether oxygens (including phenoxy) is 2. The molecule has 0 heterocycles. The Labute approximate surface area is 162 Å². The van der Waals surface area contributed by atoms with Crippen molar-refractivity contribution >= 4 is 17.3 Å². The monoisotopic (exact) mass is 370 g/mol. The SMILES string of the molecule is COc1ccc(NCC(=O)Nc2c(C(C)C)cccc2C(C)C)c(OC)c1. The highest BCUT2D eigenvalue weighted by molar-refractivity contribution is 5.95. The predicted molar refractivity (Wildman–Crippen MR) is 111 cm³/mol. The maximum Gasteiger partial charge on any atom is 0.243 e. The summed E-state index contributed by atoms with van der Waals surface area (Å²) in [5.74, 6) is 1.90. The molecule has 0 fully saturated rings. The van der Waals surface area contributed by atoms with Gasteiger partial charge < -0.3 is 20.1 Å². The molecule has 5 heteroatoms. The van der Waals surface area contributed by atoms with E-state index in [2.05, 4.69) is 56.5 Å². The third kappa shape index (κ3) is 5.16. The molecule has 0 bridgehead atoms. The van der Waals surface area contributed by atoms with E-state index in [9.17, 15) is 4.79 Å². The minimum Gasteiger partial charge on any atom is -0.497 e. The van der Waals surface area contributed by atoms with E-state index in [1.165, 1.54) is 0 Å². The van der Waals surface area contributed by atoms with E-state index in [0.717, 1.165) is 22.5 Å². The molecule has 27 heavy (non-hydrogen) atoms. The van der Waals surface area contributed by atoms with Crippen molar-refractivity contribution in [3.63, 3.8) is 0 Å². The average Bonchev–Trinajstić information content (AvgIpc) is 2.65. The number of para-hydroxylation sites is 1. The van der Waals surface area contributed by atoms with Crippen molar-refractivity contribution in [1.29, 1.82) is 0 Å². The molecule has 0 saturated heterocycles. The lowest BCUT2D eigenvalue weighted by atomic mass is 9.92. The Balaban J connectivity index is 2.15. The zero-order valence-electron chi connectivity index (χ0n) is 17.1. The van der Waals surface area contributed by atoms with Gasteiger partial charge >= 0.3 is 0 Å². The predicted octanol–water partition coefficient (Wildman–Crippen LogP) is 5.00. The van der Waals surface area contributed by atoms with E-state index in [1.54, 1.807) is 20.3 Å². The van der Waals surface area contributed by atoms with Gasteiger partial charge in [0.15, 0.2) is 0 Å². The van der Waals surface area contributed by atoms with Gasteiger partial charge in [-0.2, -0.15) is 0 Å². The molecule has 2 aromatic carbocycles. The highest BCUT2D eigenvalue weighted by atomic mass is 16.5. The zero-order valence-corrected chi connectivity index (χ0v) is 17.1. The average molecular weight is 370 g/mol. The van der Waals surface area contributed by atoms with E-state index in [1.807, 2.05) is 12.1 Å². The van der Waals surface area contributed by atoms with Gasteiger partial charge in [0.2, 0.25) is 5.91 Å². The molecular weight excluding hydrogens is 340 g/mol. The van der Waals surface area contributed by atoms with Crippen LogP contribution in [0.1, 0.15) is 50.7 Å². The van der Waals surface area contributed by atoms with Gasteiger partial charge in [-0.25, -0.2) is 0 Å². The molecule has 0 spiro atoms. The fourth-order valence-electron chi connectivity index (χ4n) is 3.00. The molecule has 0 aliphatic heterocycles. The highest BCUT2D eigenvalue weighted by Gasteiger charge is 2.16. The second-order valence-electron chi connectivity index (χ2n) is 7.09. The van der Waals surface area contributed by atoms with Crippen LogP contribution in [0.4, 0.5) is 11.4 Å². The quantitative estimate of drug-likeness (QED) is 0.686. The minimum absolute atomic E-state index is 0.0946. The van der Waals surface area contributed by atoms with Crippen molar-refractivity contribution in [2.24, 2.45) is 0 Å². The molecule has 0 aromatic heterocycles. The molecule has 5 nitrogen and oxygen atoms in total. The molecule has 0 saturated carbocycles. The first-order valence-corrected chi connectivity index (χ1v) is 9.25. The first kappa shape index (κ1) is 20.6. The van der Waals surface area contributed by atoms with Crippen molar-refractivity contribution in [3.8, 4) is 11.5 Å². The molecule has 0 aliphatic rings. The maximum absolute atomic E-state index is 12.6. The van der Waals surface area contributed by atoms with E-state index in [4.69, 9.17) is 9.47 Å². The number of amides is 1. The van der Waals surface area contributed by atoms with Crippen LogP contribution in [0, 0.1) is 0 Å². The minimum atomic E-state index is -0.0946. The Morgan fingerprint density at radius 3 is 2.11 bits per heavy atom. The number of benzene rings is 2. The van der Waals surface area contributed by atoms with Crippen LogP contribution in [-0.4, -0.2) is 26.7 Å². The van der Waals surface area contributed by atoms with Crippen LogP contribution in [0.5, 0.6) is 11.5 Å². The Morgan fingerprint density at radius 2 is 1.59 bits per heavy atom. The van der Waals surface area contributed by atoms with Gasteiger partial charge in [0, 0.05) is 11.8 Å². The first-order chi connectivity index (χ1) is 12.9.